The Balaban J connectivity index is 1.30. The normalized spacial score (nSPS) is 20.9. The van der Waals surface area contributed by atoms with Crippen molar-refractivity contribution >= 4 is 11.6 Å². The van der Waals surface area contributed by atoms with Crippen molar-refractivity contribution in [3.63, 3.8) is 0 Å². The molecule has 31 heavy (non-hydrogen) atoms. The van der Waals surface area contributed by atoms with E-state index in [1.165, 1.54) is 5.56 Å². The Hall–Kier alpha value is -2.85. The number of aliphatic hydroxyl groups excluding tert-OH is 2. The van der Waals surface area contributed by atoms with Crippen LogP contribution in [0.2, 0.25) is 0 Å². The quantitative estimate of drug-likeness (QED) is 0.647. The molecule has 1 amide bonds. The molecule has 0 aliphatic carbocycles. The van der Waals surface area contributed by atoms with Gasteiger partial charge in [-0.25, -0.2) is 0 Å². The fourth-order valence-electron chi connectivity index (χ4n) is 4.03. The molecule has 0 aromatic heterocycles. The molecule has 2 aliphatic heterocycles. The molecule has 0 spiro atoms. The van der Waals surface area contributed by atoms with Gasteiger partial charge in [0.05, 0.1) is 6.61 Å². The standard InChI is InChI=1S/C25H28N2O4/c28-14-2-1-3-18-4-6-19(7-5-18)16-27-13-12-24(23(29)17-27)31-21-10-8-20-9-11-25(30)26-22(20)15-21/h4-8,10,15,23-24,28-29H,2,9,11-14,16-17H2,(H,26,30)/t23-,24-/m1/s1. The minimum atomic E-state index is -0.581. The zero-order chi connectivity index (χ0) is 21.6. The zero-order valence-corrected chi connectivity index (χ0v) is 17.5. The highest BCUT2D eigenvalue weighted by atomic mass is 16.5. The van der Waals surface area contributed by atoms with Gasteiger partial charge in [0, 0.05) is 49.8 Å². The second-order valence-electron chi connectivity index (χ2n) is 8.09. The van der Waals surface area contributed by atoms with Crippen LogP contribution >= 0.6 is 0 Å². The number of benzene rings is 2. The minimum Gasteiger partial charge on any atom is -0.488 e. The Kier molecular flexibility index (Phi) is 6.88. The lowest BCUT2D eigenvalue weighted by atomic mass is 10.0. The summed E-state index contributed by atoms with van der Waals surface area (Å²) in [6, 6.07) is 13.8. The van der Waals surface area contributed by atoms with Crippen LogP contribution in [0.15, 0.2) is 42.5 Å². The third-order valence-electron chi connectivity index (χ3n) is 5.70. The number of β-amino-alcohol motifs (C(OH)–C–C–N with tert-alkyl or cyclic N) is 1. The summed E-state index contributed by atoms with van der Waals surface area (Å²) < 4.78 is 6.07. The van der Waals surface area contributed by atoms with Crippen LogP contribution in [0.1, 0.15) is 36.0 Å². The second-order valence-corrected chi connectivity index (χ2v) is 8.09. The molecule has 0 saturated carbocycles. The van der Waals surface area contributed by atoms with Crippen molar-refractivity contribution in [1.29, 1.82) is 0 Å². The largest absolute Gasteiger partial charge is 0.488 e. The van der Waals surface area contributed by atoms with Gasteiger partial charge in [-0.3, -0.25) is 9.69 Å². The lowest BCUT2D eigenvalue weighted by molar-refractivity contribution is -0.116. The molecule has 2 atom stereocenters. The van der Waals surface area contributed by atoms with Gasteiger partial charge in [0.1, 0.15) is 18.0 Å². The molecule has 162 valence electrons. The number of rotatable bonds is 5. The number of anilines is 1. The van der Waals surface area contributed by atoms with Crippen molar-refractivity contribution in [3.8, 4) is 17.6 Å². The molecule has 2 heterocycles. The first-order valence-corrected chi connectivity index (χ1v) is 10.8. The molecule has 3 N–H and O–H groups in total. The zero-order valence-electron chi connectivity index (χ0n) is 17.5. The number of hydrogen-bond acceptors (Lipinski definition) is 5. The van der Waals surface area contributed by atoms with Crippen LogP contribution in [0.3, 0.4) is 0 Å². The number of ether oxygens (including phenoxy) is 1. The number of carbonyl (C=O) groups is 1. The van der Waals surface area contributed by atoms with E-state index >= 15 is 0 Å². The van der Waals surface area contributed by atoms with Crippen LogP contribution < -0.4 is 10.1 Å². The van der Waals surface area contributed by atoms with Crippen molar-refractivity contribution < 1.29 is 19.7 Å². The fraction of sp³-hybridized carbons (Fsp3) is 0.400. The number of hydrogen-bond donors (Lipinski definition) is 3. The van der Waals surface area contributed by atoms with Crippen molar-refractivity contribution in [2.24, 2.45) is 0 Å². The van der Waals surface area contributed by atoms with E-state index in [4.69, 9.17) is 9.84 Å². The molecule has 2 aliphatic rings. The van der Waals surface area contributed by atoms with E-state index in [0.717, 1.165) is 42.7 Å². The maximum Gasteiger partial charge on any atom is 0.224 e. The number of nitrogens with zero attached hydrogens (tertiary/aromatic N) is 1. The number of likely N-dealkylation sites (tertiary alicyclic amines) is 1. The van der Waals surface area contributed by atoms with Crippen LogP contribution in [0.25, 0.3) is 0 Å². The molecule has 0 unspecified atom stereocenters. The highest BCUT2D eigenvalue weighted by molar-refractivity contribution is 5.94. The first-order valence-electron chi connectivity index (χ1n) is 10.8. The summed E-state index contributed by atoms with van der Waals surface area (Å²) in [6.07, 6.45) is 1.63. The van der Waals surface area contributed by atoms with Gasteiger partial charge >= 0.3 is 0 Å². The summed E-state index contributed by atoms with van der Waals surface area (Å²) in [6.45, 7) is 2.22. The molecule has 1 fully saturated rings. The van der Waals surface area contributed by atoms with Gasteiger partial charge in [0.15, 0.2) is 0 Å². The SMILES string of the molecule is O=C1CCc2ccc(O[C@@H]3CCN(Cc4ccc(C#CCCO)cc4)C[C@H]3O)cc2N1. The van der Waals surface area contributed by atoms with E-state index in [1.807, 2.05) is 30.3 Å². The number of fused-ring (bicyclic) bond motifs is 1. The van der Waals surface area contributed by atoms with Gasteiger partial charge in [-0.05, 0) is 42.2 Å². The van der Waals surface area contributed by atoms with E-state index in [0.29, 0.717) is 25.1 Å². The lowest BCUT2D eigenvalue weighted by Crippen LogP contribution is -2.48. The average molecular weight is 421 g/mol. The fourth-order valence-corrected chi connectivity index (χ4v) is 4.03. The second kappa shape index (κ2) is 9.97. The molecule has 2 aromatic carbocycles. The van der Waals surface area contributed by atoms with Crippen molar-refractivity contribution in [1.82, 2.24) is 4.90 Å². The number of piperidine rings is 1. The minimum absolute atomic E-state index is 0.0308. The molecular weight excluding hydrogens is 392 g/mol. The predicted molar refractivity (Wildman–Crippen MR) is 119 cm³/mol. The first kappa shape index (κ1) is 21.4. The summed E-state index contributed by atoms with van der Waals surface area (Å²) in [5.74, 6) is 6.66. The summed E-state index contributed by atoms with van der Waals surface area (Å²) in [4.78, 5) is 13.9. The number of nitrogens with one attached hydrogen (secondary N) is 1. The third-order valence-corrected chi connectivity index (χ3v) is 5.70. The molecular formula is C25H28N2O4. The topological polar surface area (TPSA) is 82.0 Å². The van der Waals surface area contributed by atoms with E-state index in [1.54, 1.807) is 0 Å². The molecule has 6 nitrogen and oxygen atoms in total. The Morgan fingerprint density at radius 2 is 2.00 bits per heavy atom. The Morgan fingerprint density at radius 1 is 1.16 bits per heavy atom. The van der Waals surface area contributed by atoms with Crippen LogP contribution in [0.5, 0.6) is 5.75 Å². The van der Waals surface area contributed by atoms with E-state index < -0.39 is 6.10 Å². The molecule has 2 aromatic rings. The van der Waals surface area contributed by atoms with Gasteiger partial charge in [-0.1, -0.05) is 30.0 Å². The maximum atomic E-state index is 11.6. The molecule has 6 heteroatoms. The predicted octanol–water partition coefficient (Wildman–Crippen LogP) is 2.32. The smallest absolute Gasteiger partial charge is 0.224 e. The van der Waals surface area contributed by atoms with Crippen LogP contribution in [0.4, 0.5) is 5.69 Å². The summed E-state index contributed by atoms with van der Waals surface area (Å²) in [5, 5.41) is 22.3. The molecule has 1 saturated heterocycles. The summed E-state index contributed by atoms with van der Waals surface area (Å²) >= 11 is 0. The average Bonchev–Trinajstić information content (AvgIpc) is 2.77. The molecule has 0 bridgehead atoms. The number of aryl methyl sites for hydroxylation is 1. The van der Waals surface area contributed by atoms with Crippen molar-refractivity contribution in [2.75, 3.05) is 25.0 Å². The summed E-state index contributed by atoms with van der Waals surface area (Å²) in [7, 11) is 0. The lowest BCUT2D eigenvalue weighted by Gasteiger charge is -2.36. The number of carbonyl (C=O) groups excluding carboxylic acids is 1. The van der Waals surface area contributed by atoms with E-state index in [9.17, 15) is 9.90 Å². The number of aliphatic hydroxyl groups is 2. The van der Waals surface area contributed by atoms with Gasteiger partial charge in [-0.2, -0.15) is 0 Å². The monoisotopic (exact) mass is 420 g/mol. The van der Waals surface area contributed by atoms with Crippen LogP contribution in [-0.4, -0.2) is 52.9 Å². The van der Waals surface area contributed by atoms with Gasteiger partial charge in [-0.15, -0.1) is 0 Å². The van der Waals surface area contributed by atoms with Crippen LogP contribution in [0, 0.1) is 11.8 Å². The van der Waals surface area contributed by atoms with Crippen LogP contribution in [-0.2, 0) is 17.8 Å². The number of amides is 1. The highest BCUT2D eigenvalue weighted by Crippen LogP contribution is 2.29. The van der Waals surface area contributed by atoms with E-state index in [-0.39, 0.29) is 18.6 Å². The molecule has 4 rings (SSSR count). The Bertz CT molecular complexity index is 977. The van der Waals surface area contributed by atoms with Gasteiger partial charge in [0.25, 0.3) is 0 Å². The summed E-state index contributed by atoms with van der Waals surface area (Å²) in [5.41, 5.74) is 4.04. The van der Waals surface area contributed by atoms with Gasteiger partial charge < -0.3 is 20.3 Å². The Morgan fingerprint density at radius 3 is 2.77 bits per heavy atom. The van der Waals surface area contributed by atoms with Crippen molar-refractivity contribution in [2.45, 2.75) is 44.4 Å². The van der Waals surface area contributed by atoms with Crippen molar-refractivity contribution in [3.05, 3.63) is 59.2 Å². The first-order chi connectivity index (χ1) is 15.1. The molecule has 0 radical (unpaired) electrons. The van der Waals surface area contributed by atoms with Gasteiger partial charge in [0.2, 0.25) is 5.91 Å². The Labute approximate surface area is 182 Å². The third kappa shape index (κ3) is 5.65. The maximum absolute atomic E-state index is 11.6. The van der Waals surface area contributed by atoms with E-state index in [2.05, 4.69) is 34.2 Å². The highest BCUT2D eigenvalue weighted by Gasteiger charge is 2.29.